The molecule has 1 fully saturated rings. The van der Waals surface area contributed by atoms with Gasteiger partial charge in [0.1, 0.15) is 10.8 Å². The van der Waals surface area contributed by atoms with Crippen molar-refractivity contribution < 1.29 is 0 Å². The first-order chi connectivity index (χ1) is 7.77. The van der Waals surface area contributed by atoms with Gasteiger partial charge in [-0.25, -0.2) is 4.98 Å². The van der Waals surface area contributed by atoms with Crippen molar-refractivity contribution in [3.63, 3.8) is 0 Å². The van der Waals surface area contributed by atoms with E-state index in [1.165, 1.54) is 25.7 Å². The monoisotopic (exact) mass is 236 g/mol. The molecule has 0 unspecified atom stereocenters. The van der Waals surface area contributed by atoms with Gasteiger partial charge in [0.05, 0.1) is 5.69 Å². The van der Waals surface area contributed by atoms with Crippen molar-refractivity contribution in [1.82, 2.24) is 14.6 Å². The lowest BCUT2D eigenvalue weighted by molar-refractivity contribution is 0.686. The quantitative estimate of drug-likeness (QED) is 0.828. The normalized spacial score (nSPS) is 17.3. The van der Waals surface area contributed by atoms with E-state index in [1.54, 1.807) is 16.8 Å². The second-order valence-electron chi connectivity index (χ2n) is 4.29. The summed E-state index contributed by atoms with van der Waals surface area (Å²) in [6, 6.07) is 1.73. The van der Waals surface area contributed by atoms with E-state index in [4.69, 9.17) is 17.3 Å². The van der Waals surface area contributed by atoms with Gasteiger partial charge in [-0.2, -0.15) is 9.61 Å². The minimum Gasteiger partial charge on any atom is -0.384 e. The van der Waals surface area contributed by atoms with E-state index >= 15 is 0 Å². The molecule has 2 aromatic rings. The average Bonchev–Trinajstić information content (AvgIpc) is 2.88. The van der Waals surface area contributed by atoms with Crippen LogP contribution in [0.5, 0.6) is 0 Å². The third-order valence-electron chi connectivity index (χ3n) is 3.26. The van der Waals surface area contributed by atoms with Gasteiger partial charge >= 0.3 is 0 Å². The molecule has 2 heterocycles. The highest BCUT2D eigenvalue weighted by Gasteiger charge is 2.24. The first kappa shape index (κ1) is 9.90. The van der Waals surface area contributed by atoms with E-state index in [0.717, 1.165) is 5.69 Å². The highest BCUT2D eigenvalue weighted by Crippen LogP contribution is 2.38. The number of nitrogens with zero attached hydrogens (tertiary/aromatic N) is 3. The topological polar surface area (TPSA) is 56.2 Å². The summed E-state index contributed by atoms with van der Waals surface area (Å²) in [6.45, 7) is 0. The molecule has 0 aliphatic heterocycles. The van der Waals surface area contributed by atoms with Crippen LogP contribution in [0.15, 0.2) is 12.3 Å². The zero-order valence-electron chi connectivity index (χ0n) is 8.86. The van der Waals surface area contributed by atoms with Gasteiger partial charge in [-0.1, -0.05) is 24.4 Å². The number of hydrogen-bond donors (Lipinski definition) is 1. The number of aromatic nitrogens is 3. The van der Waals surface area contributed by atoms with Crippen molar-refractivity contribution in [2.24, 2.45) is 0 Å². The Balaban J connectivity index is 2.18. The lowest BCUT2D eigenvalue weighted by Crippen LogP contribution is -2.00. The lowest BCUT2D eigenvalue weighted by Gasteiger charge is -2.03. The van der Waals surface area contributed by atoms with Gasteiger partial charge in [-0.3, -0.25) is 0 Å². The van der Waals surface area contributed by atoms with E-state index in [-0.39, 0.29) is 0 Å². The fourth-order valence-electron chi connectivity index (χ4n) is 2.41. The predicted molar refractivity (Wildman–Crippen MR) is 63.6 cm³/mol. The second kappa shape index (κ2) is 3.63. The molecule has 0 radical (unpaired) electrons. The summed E-state index contributed by atoms with van der Waals surface area (Å²) < 4.78 is 1.63. The van der Waals surface area contributed by atoms with Crippen LogP contribution in [0.3, 0.4) is 0 Å². The van der Waals surface area contributed by atoms with Gasteiger partial charge in [-0.15, -0.1) is 0 Å². The molecule has 0 aromatic carbocycles. The maximum absolute atomic E-state index is 6.31. The van der Waals surface area contributed by atoms with Crippen molar-refractivity contribution in [3.8, 4) is 0 Å². The SMILES string of the molecule is Nc1ccnc2c(Cl)c(C3CCCC3)nn12. The van der Waals surface area contributed by atoms with Crippen molar-refractivity contribution in [1.29, 1.82) is 0 Å². The Kier molecular flexibility index (Phi) is 2.24. The summed E-state index contributed by atoms with van der Waals surface area (Å²) in [7, 11) is 0. The molecular weight excluding hydrogens is 224 g/mol. The number of nitrogen functional groups attached to an aromatic ring is 1. The van der Waals surface area contributed by atoms with Crippen LogP contribution in [0.4, 0.5) is 5.82 Å². The second-order valence-corrected chi connectivity index (χ2v) is 4.66. The van der Waals surface area contributed by atoms with Gasteiger partial charge in [0.2, 0.25) is 0 Å². The molecule has 5 heteroatoms. The van der Waals surface area contributed by atoms with Crippen LogP contribution in [0.1, 0.15) is 37.3 Å². The Bertz CT molecular complexity index is 528. The molecule has 1 saturated carbocycles. The lowest BCUT2D eigenvalue weighted by atomic mass is 10.0. The number of halogens is 1. The predicted octanol–water partition coefficient (Wildman–Crippen LogP) is 2.62. The standard InChI is InChI=1S/C11H13ClN4/c12-9-10(7-3-1-2-4-7)15-16-8(13)5-6-14-11(9)16/h5-7H,1-4,13H2. The van der Waals surface area contributed by atoms with Gasteiger partial charge in [0.25, 0.3) is 0 Å². The smallest absolute Gasteiger partial charge is 0.176 e. The number of nitrogens with two attached hydrogens (primary N) is 1. The van der Waals surface area contributed by atoms with Crippen LogP contribution >= 0.6 is 11.6 Å². The van der Waals surface area contributed by atoms with Gasteiger partial charge in [-0.05, 0) is 18.9 Å². The molecule has 1 aliphatic carbocycles. The third-order valence-corrected chi connectivity index (χ3v) is 3.62. The molecular formula is C11H13ClN4. The van der Waals surface area contributed by atoms with E-state index in [1.807, 2.05) is 0 Å². The Labute approximate surface area is 98.4 Å². The van der Waals surface area contributed by atoms with Crippen LogP contribution in [0.2, 0.25) is 5.02 Å². The third kappa shape index (κ3) is 1.37. The van der Waals surface area contributed by atoms with Gasteiger partial charge < -0.3 is 5.73 Å². The molecule has 1 aliphatic rings. The van der Waals surface area contributed by atoms with Gasteiger partial charge in [0.15, 0.2) is 5.65 Å². The van der Waals surface area contributed by atoms with E-state index < -0.39 is 0 Å². The van der Waals surface area contributed by atoms with Crippen molar-refractivity contribution in [2.75, 3.05) is 5.73 Å². The van der Waals surface area contributed by atoms with Crippen LogP contribution < -0.4 is 5.73 Å². The number of anilines is 1. The molecule has 84 valence electrons. The maximum Gasteiger partial charge on any atom is 0.176 e. The summed E-state index contributed by atoms with van der Waals surface area (Å²) >= 11 is 6.31. The molecule has 0 atom stereocenters. The number of rotatable bonds is 1. The minimum atomic E-state index is 0.480. The van der Waals surface area contributed by atoms with Crippen molar-refractivity contribution >= 4 is 23.1 Å². The fourth-order valence-corrected chi connectivity index (χ4v) is 2.73. The number of hydrogen-bond acceptors (Lipinski definition) is 3. The van der Waals surface area contributed by atoms with E-state index in [2.05, 4.69) is 10.1 Å². The Morgan fingerprint density at radius 2 is 2.12 bits per heavy atom. The summed E-state index contributed by atoms with van der Waals surface area (Å²) in [5, 5.41) is 5.16. The summed E-state index contributed by atoms with van der Waals surface area (Å²) in [5.74, 6) is 1.06. The maximum atomic E-state index is 6.31. The Morgan fingerprint density at radius 1 is 1.38 bits per heavy atom. The largest absolute Gasteiger partial charge is 0.384 e. The molecule has 2 aromatic heterocycles. The van der Waals surface area contributed by atoms with E-state index in [9.17, 15) is 0 Å². The summed E-state index contributed by atoms with van der Waals surface area (Å²) in [5.41, 5.74) is 7.47. The zero-order valence-corrected chi connectivity index (χ0v) is 9.61. The van der Waals surface area contributed by atoms with Crippen LogP contribution in [-0.2, 0) is 0 Å². The highest BCUT2D eigenvalue weighted by atomic mass is 35.5. The van der Waals surface area contributed by atoms with Gasteiger partial charge in [0, 0.05) is 12.1 Å². The Morgan fingerprint density at radius 3 is 2.81 bits per heavy atom. The Hall–Kier alpha value is -1.29. The summed E-state index contributed by atoms with van der Waals surface area (Å²) in [4.78, 5) is 4.22. The minimum absolute atomic E-state index is 0.480. The van der Waals surface area contributed by atoms with Crippen LogP contribution in [0.25, 0.3) is 5.65 Å². The van der Waals surface area contributed by atoms with Crippen molar-refractivity contribution in [3.05, 3.63) is 23.0 Å². The van der Waals surface area contributed by atoms with Crippen LogP contribution in [-0.4, -0.2) is 14.6 Å². The molecule has 0 amide bonds. The summed E-state index contributed by atoms with van der Waals surface area (Å²) in [6.07, 6.45) is 6.53. The van der Waals surface area contributed by atoms with Crippen LogP contribution in [0, 0.1) is 0 Å². The van der Waals surface area contributed by atoms with Crippen molar-refractivity contribution in [2.45, 2.75) is 31.6 Å². The molecule has 0 spiro atoms. The molecule has 3 rings (SSSR count). The molecule has 0 saturated heterocycles. The van der Waals surface area contributed by atoms with E-state index in [0.29, 0.717) is 22.4 Å². The fraction of sp³-hybridized carbons (Fsp3) is 0.455. The average molecular weight is 237 g/mol. The molecule has 0 bridgehead atoms. The first-order valence-corrected chi connectivity index (χ1v) is 5.94. The number of fused-ring (bicyclic) bond motifs is 1. The first-order valence-electron chi connectivity index (χ1n) is 5.56. The zero-order chi connectivity index (χ0) is 11.1. The molecule has 16 heavy (non-hydrogen) atoms. The highest BCUT2D eigenvalue weighted by molar-refractivity contribution is 6.34. The molecule has 4 nitrogen and oxygen atoms in total. The molecule has 2 N–H and O–H groups in total.